The molecule has 0 bridgehead atoms. The van der Waals surface area contributed by atoms with Crippen molar-refractivity contribution in [1.82, 2.24) is 14.9 Å². The summed E-state index contributed by atoms with van der Waals surface area (Å²) in [7, 11) is 0. The first-order valence-electron chi connectivity index (χ1n) is 16.2. The van der Waals surface area contributed by atoms with Gasteiger partial charge in [0.2, 0.25) is 0 Å². The average Bonchev–Trinajstić information content (AvgIpc) is 3.50. The molecule has 7 rings (SSSR count). The van der Waals surface area contributed by atoms with Crippen LogP contribution in [0.4, 0.5) is 11.5 Å². The van der Waals surface area contributed by atoms with E-state index in [1.807, 2.05) is 24.3 Å². The summed E-state index contributed by atoms with van der Waals surface area (Å²) < 4.78 is 18.2. The van der Waals surface area contributed by atoms with Crippen LogP contribution in [0.15, 0.2) is 36.4 Å². The fourth-order valence-corrected chi connectivity index (χ4v) is 7.49. The van der Waals surface area contributed by atoms with Crippen LogP contribution in [0.2, 0.25) is 0 Å². The Morgan fingerprint density at radius 1 is 0.953 bits per heavy atom. The Labute approximate surface area is 254 Å². The number of rotatable bonds is 8. The summed E-state index contributed by atoms with van der Waals surface area (Å²) >= 11 is 0. The lowest BCUT2D eigenvalue weighted by Gasteiger charge is -2.31. The van der Waals surface area contributed by atoms with Crippen LogP contribution in [0.25, 0.3) is 10.9 Å². The molecule has 4 saturated heterocycles. The van der Waals surface area contributed by atoms with Gasteiger partial charge in [0.1, 0.15) is 18.7 Å². The minimum Gasteiger partial charge on any atom is -0.461 e. The van der Waals surface area contributed by atoms with Crippen molar-refractivity contribution in [3.05, 3.63) is 53.1 Å². The second-order valence-corrected chi connectivity index (χ2v) is 12.5. The Hall–Kier alpha value is -3.27. The Balaban J connectivity index is 1.24. The molecule has 1 aromatic heterocycles. The molecule has 0 saturated carbocycles. The number of fused-ring (bicyclic) bond motifs is 2. The summed E-state index contributed by atoms with van der Waals surface area (Å²) in [5, 5.41) is 13.9. The maximum absolute atomic E-state index is 9.36. The maximum atomic E-state index is 9.36. The highest BCUT2D eigenvalue weighted by molar-refractivity contribution is 6.16. The minimum absolute atomic E-state index is 0.0249. The Kier molecular flexibility index (Phi) is 8.21. The predicted octanol–water partition coefficient (Wildman–Crippen LogP) is 5.53. The standard InChI is InChI=1S/C34H44N6O3/c1-24-25(30(35)26-9-2-3-10-28(26)36-29-11-4-5-21-42-29)12-13-27-31(24)37-33(38-32(27)39-16-8-20-41-22-19-39)43-23-34-14-6-17-40(34)18-7-15-34/h2-3,9-10,12-13,29,35-36H,4-8,11,14-23H2,1H3. The third-order valence-electron chi connectivity index (χ3n) is 9.85. The van der Waals surface area contributed by atoms with Gasteiger partial charge in [0, 0.05) is 48.5 Å². The van der Waals surface area contributed by atoms with Gasteiger partial charge in [0.05, 0.1) is 23.4 Å². The van der Waals surface area contributed by atoms with Crippen LogP contribution in [0.3, 0.4) is 0 Å². The van der Waals surface area contributed by atoms with Gasteiger partial charge in [-0.2, -0.15) is 9.97 Å². The van der Waals surface area contributed by atoms with Crippen LogP contribution in [0.5, 0.6) is 6.01 Å². The van der Waals surface area contributed by atoms with Gasteiger partial charge in [-0.3, -0.25) is 10.3 Å². The van der Waals surface area contributed by atoms with E-state index in [0.717, 1.165) is 104 Å². The van der Waals surface area contributed by atoms with Gasteiger partial charge in [0.15, 0.2) is 0 Å². The topological polar surface area (TPSA) is 95.8 Å². The minimum atomic E-state index is -0.0249. The van der Waals surface area contributed by atoms with E-state index in [0.29, 0.717) is 24.9 Å². The first-order valence-corrected chi connectivity index (χ1v) is 16.2. The Morgan fingerprint density at radius 2 is 1.81 bits per heavy atom. The van der Waals surface area contributed by atoms with Crippen LogP contribution < -0.4 is 15.0 Å². The predicted molar refractivity (Wildman–Crippen MR) is 170 cm³/mol. The zero-order valence-electron chi connectivity index (χ0n) is 25.4. The van der Waals surface area contributed by atoms with Crippen LogP contribution >= 0.6 is 0 Å². The molecule has 228 valence electrons. The maximum Gasteiger partial charge on any atom is 0.319 e. The fourth-order valence-electron chi connectivity index (χ4n) is 7.49. The number of hydrogen-bond donors (Lipinski definition) is 2. The smallest absolute Gasteiger partial charge is 0.319 e. The van der Waals surface area contributed by atoms with Crippen LogP contribution in [0, 0.1) is 12.3 Å². The molecule has 4 aliphatic rings. The Morgan fingerprint density at radius 3 is 2.65 bits per heavy atom. The molecule has 2 N–H and O–H groups in total. The summed E-state index contributed by atoms with van der Waals surface area (Å²) in [5.41, 5.74) is 5.04. The zero-order valence-corrected chi connectivity index (χ0v) is 25.4. The van der Waals surface area contributed by atoms with Crippen molar-refractivity contribution in [3.63, 3.8) is 0 Å². The molecule has 3 aromatic rings. The highest BCUT2D eigenvalue weighted by Crippen LogP contribution is 2.39. The summed E-state index contributed by atoms with van der Waals surface area (Å²) in [5.74, 6) is 0.899. The van der Waals surface area contributed by atoms with Crippen molar-refractivity contribution < 1.29 is 14.2 Å². The summed E-state index contributed by atoms with van der Waals surface area (Å²) in [4.78, 5) is 15.0. The first-order chi connectivity index (χ1) is 21.1. The van der Waals surface area contributed by atoms with Crippen molar-refractivity contribution in [3.8, 4) is 6.01 Å². The van der Waals surface area contributed by atoms with Crippen LogP contribution in [0.1, 0.15) is 68.1 Å². The van der Waals surface area contributed by atoms with Gasteiger partial charge in [-0.05, 0) is 89.1 Å². The van der Waals surface area contributed by atoms with E-state index in [1.165, 1.54) is 25.7 Å². The summed E-state index contributed by atoms with van der Waals surface area (Å²) in [6, 6.07) is 12.6. The summed E-state index contributed by atoms with van der Waals surface area (Å²) in [6.07, 6.45) is 8.97. The van der Waals surface area contributed by atoms with Gasteiger partial charge in [-0.1, -0.05) is 24.3 Å². The number of hydrogen-bond acceptors (Lipinski definition) is 9. The number of nitrogens with zero attached hydrogens (tertiary/aromatic N) is 4. The molecule has 9 nitrogen and oxygen atoms in total. The molecule has 0 aliphatic carbocycles. The number of benzene rings is 2. The van der Waals surface area contributed by atoms with Gasteiger partial charge in [-0.25, -0.2) is 0 Å². The monoisotopic (exact) mass is 584 g/mol. The third kappa shape index (κ3) is 5.70. The molecule has 5 heterocycles. The lowest BCUT2D eigenvalue weighted by Crippen LogP contribution is -2.43. The number of anilines is 2. The lowest BCUT2D eigenvalue weighted by molar-refractivity contribution is 0.0343. The highest BCUT2D eigenvalue weighted by Gasteiger charge is 2.45. The molecule has 2 aromatic carbocycles. The molecule has 43 heavy (non-hydrogen) atoms. The Bertz CT molecular complexity index is 1450. The van der Waals surface area contributed by atoms with E-state index in [9.17, 15) is 5.41 Å². The molecule has 4 aliphatic heterocycles. The zero-order chi connectivity index (χ0) is 29.2. The average molecular weight is 585 g/mol. The van der Waals surface area contributed by atoms with Crippen molar-refractivity contribution in [1.29, 1.82) is 5.41 Å². The van der Waals surface area contributed by atoms with Crippen LogP contribution in [-0.4, -0.2) is 85.0 Å². The largest absolute Gasteiger partial charge is 0.461 e. The molecule has 0 amide bonds. The van der Waals surface area contributed by atoms with Gasteiger partial charge in [-0.15, -0.1) is 0 Å². The van der Waals surface area contributed by atoms with Crippen molar-refractivity contribution in [2.24, 2.45) is 0 Å². The number of aromatic nitrogens is 2. The normalized spacial score (nSPS) is 22.3. The summed E-state index contributed by atoms with van der Waals surface area (Å²) in [6.45, 7) is 8.89. The van der Waals surface area contributed by atoms with Gasteiger partial charge in [0.25, 0.3) is 0 Å². The molecule has 1 atom stereocenters. The van der Waals surface area contributed by atoms with Crippen LogP contribution in [-0.2, 0) is 9.47 Å². The quantitative estimate of drug-likeness (QED) is 0.334. The number of para-hydroxylation sites is 1. The lowest BCUT2D eigenvalue weighted by atomic mass is 9.95. The SMILES string of the molecule is Cc1c(C(=N)c2ccccc2NC2CCCCO2)ccc2c(N3CCCOCC3)nc(OCC34CCCN3CCC4)nc12. The molecule has 0 radical (unpaired) electrons. The van der Waals surface area contributed by atoms with Gasteiger partial charge < -0.3 is 24.4 Å². The van der Waals surface area contributed by atoms with Crippen molar-refractivity contribution >= 4 is 28.1 Å². The third-order valence-corrected chi connectivity index (χ3v) is 9.85. The molecule has 0 spiro atoms. The van der Waals surface area contributed by atoms with E-state index >= 15 is 0 Å². The molecular weight excluding hydrogens is 540 g/mol. The number of ether oxygens (including phenoxy) is 3. The first kappa shape index (κ1) is 28.5. The van der Waals surface area contributed by atoms with E-state index in [4.69, 9.17) is 24.2 Å². The van der Waals surface area contributed by atoms with E-state index in [1.54, 1.807) is 0 Å². The van der Waals surface area contributed by atoms with E-state index < -0.39 is 0 Å². The van der Waals surface area contributed by atoms with E-state index in [-0.39, 0.29) is 11.8 Å². The molecule has 1 unspecified atom stereocenters. The van der Waals surface area contributed by atoms with Crippen molar-refractivity contribution in [2.45, 2.75) is 70.1 Å². The highest BCUT2D eigenvalue weighted by atomic mass is 16.5. The fraction of sp³-hybridized carbons (Fsp3) is 0.559. The van der Waals surface area contributed by atoms with E-state index in [2.05, 4.69) is 34.2 Å². The number of aryl methyl sites for hydroxylation is 1. The second-order valence-electron chi connectivity index (χ2n) is 12.5. The van der Waals surface area contributed by atoms with Crippen molar-refractivity contribution in [2.75, 3.05) is 62.8 Å². The molecule has 9 heteroatoms. The number of nitrogens with one attached hydrogen (secondary N) is 2. The second kappa shape index (κ2) is 12.4. The molecule has 4 fully saturated rings. The van der Waals surface area contributed by atoms with Gasteiger partial charge >= 0.3 is 6.01 Å². The molecular formula is C34H44N6O3.